The molecule has 0 saturated heterocycles. The van der Waals surface area contributed by atoms with Crippen molar-refractivity contribution >= 4 is 52.1 Å². The first-order valence-corrected chi connectivity index (χ1v) is 11.9. The molecule has 3 N–H and O–H groups in total. The van der Waals surface area contributed by atoms with Crippen LogP contribution in [-0.4, -0.2) is 16.3 Å². The molecule has 0 aliphatic rings. The van der Waals surface area contributed by atoms with Crippen LogP contribution in [0.15, 0.2) is 71.6 Å². The second-order valence-electron chi connectivity index (χ2n) is 7.78. The van der Waals surface area contributed by atoms with Crippen LogP contribution < -0.4 is 16.0 Å². The number of carbonyl (C=O) groups is 1. The van der Waals surface area contributed by atoms with Crippen molar-refractivity contribution in [2.75, 3.05) is 16.0 Å². The molecule has 3 aromatic carbocycles. The summed E-state index contributed by atoms with van der Waals surface area (Å²) in [6.45, 7) is 8.19. The Morgan fingerprint density at radius 2 is 1.50 bits per heavy atom. The largest absolute Gasteiger partial charge is 0.332 e. The average Bonchev–Trinajstić information content (AvgIpc) is 2.76. The van der Waals surface area contributed by atoms with E-state index in [1.807, 2.05) is 80.6 Å². The van der Waals surface area contributed by atoms with Gasteiger partial charge in [-0.1, -0.05) is 36.8 Å². The smallest absolute Gasteiger partial charge is 0.237 e. The maximum absolute atomic E-state index is 12.9. The highest BCUT2D eigenvalue weighted by Crippen LogP contribution is 2.29. The highest BCUT2D eigenvalue weighted by molar-refractivity contribution is 8.00. The Kier molecular flexibility index (Phi) is 8.31. The molecule has 0 heterocycles. The lowest BCUT2D eigenvalue weighted by atomic mass is 10.1. The van der Waals surface area contributed by atoms with Crippen molar-refractivity contribution in [2.24, 2.45) is 0 Å². The molecule has 0 spiro atoms. The van der Waals surface area contributed by atoms with E-state index in [0.29, 0.717) is 5.11 Å². The van der Waals surface area contributed by atoms with Gasteiger partial charge in [0, 0.05) is 22.0 Å². The molecular weight excluding hydrogens is 434 g/mol. The number of carbonyl (C=O) groups excluding carboxylic acids is 1. The SMILES string of the molecule is CCC(Sc1cccc(NC(=S)Nc2ccc(C)cc2)c1)C(=O)Nc1ccc(C)c(C)c1. The quantitative estimate of drug-likeness (QED) is 0.262. The van der Waals surface area contributed by atoms with Crippen LogP contribution in [0.25, 0.3) is 0 Å². The summed E-state index contributed by atoms with van der Waals surface area (Å²) < 4.78 is 0. The van der Waals surface area contributed by atoms with Crippen LogP contribution in [-0.2, 0) is 4.79 Å². The number of hydrogen-bond acceptors (Lipinski definition) is 3. The molecule has 166 valence electrons. The summed E-state index contributed by atoms with van der Waals surface area (Å²) in [5, 5.41) is 9.80. The standard InChI is InChI=1S/C26H29N3OS2/c1-5-24(25(30)27-22-14-11-18(3)19(4)15-22)32-23-8-6-7-21(16-23)29-26(31)28-20-12-9-17(2)10-13-20/h6-16,24H,5H2,1-4H3,(H,27,30)(H2,28,29,31). The summed E-state index contributed by atoms with van der Waals surface area (Å²) in [5.41, 5.74) is 6.23. The van der Waals surface area contributed by atoms with E-state index in [1.54, 1.807) is 11.8 Å². The number of thiocarbonyl (C=S) groups is 1. The molecule has 0 aliphatic carbocycles. The number of thioether (sulfide) groups is 1. The number of benzene rings is 3. The minimum absolute atomic E-state index is 0.00988. The van der Waals surface area contributed by atoms with Crippen molar-refractivity contribution < 1.29 is 4.79 Å². The van der Waals surface area contributed by atoms with Gasteiger partial charge in [0.05, 0.1) is 5.25 Å². The van der Waals surface area contributed by atoms with E-state index in [-0.39, 0.29) is 11.2 Å². The molecule has 4 nitrogen and oxygen atoms in total. The van der Waals surface area contributed by atoms with Gasteiger partial charge in [0.25, 0.3) is 0 Å². The molecule has 0 radical (unpaired) electrons. The maximum Gasteiger partial charge on any atom is 0.237 e. The lowest BCUT2D eigenvalue weighted by molar-refractivity contribution is -0.115. The van der Waals surface area contributed by atoms with Crippen molar-refractivity contribution in [2.45, 2.75) is 44.3 Å². The van der Waals surface area contributed by atoms with Crippen molar-refractivity contribution in [3.05, 3.63) is 83.4 Å². The fourth-order valence-corrected chi connectivity index (χ4v) is 4.35. The highest BCUT2D eigenvalue weighted by atomic mass is 32.2. The number of rotatable bonds is 7. The Balaban J connectivity index is 1.61. The van der Waals surface area contributed by atoms with E-state index >= 15 is 0 Å². The summed E-state index contributed by atoms with van der Waals surface area (Å²) in [5.74, 6) is 0.00988. The van der Waals surface area contributed by atoms with Crippen molar-refractivity contribution in [3.63, 3.8) is 0 Å². The third-order valence-corrected chi connectivity index (χ3v) is 6.68. The molecule has 6 heteroatoms. The van der Waals surface area contributed by atoms with E-state index in [4.69, 9.17) is 12.2 Å². The monoisotopic (exact) mass is 463 g/mol. The van der Waals surface area contributed by atoms with Crippen LogP contribution in [0.4, 0.5) is 17.1 Å². The maximum atomic E-state index is 12.9. The number of hydrogen-bond donors (Lipinski definition) is 3. The zero-order chi connectivity index (χ0) is 23.1. The molecule has 0 aliphatic heterocycles. The summed E-state index contributed by atoms with van der Waals surface area (Å²) in [7, 11) is 0. The Morgan fingerprint density at radius 1 is 0.844 bits per heavy atom. The number of amides is 1. The molecule has 0 saturated carbocycles. The molecular formula is C26H29N3OS2. The van der Waals surface area contributed by atoms with Gasteiger partial charge in [-0.05, 0) is 93.0 Å². The molecule has 0 fully saturated rings. The zero-order valence-electron chi connectivity index (χ0n) is 18.9. The molecule has 1 atom stereocenters. The van der Waals surface area contributed by atoms with E-state index < -0.39 is 0 Å². The van der Waals surface area contributed by atoms with Gasteiger partial charge in [0.15, 0.2) is 5.11 Å². The first-order chi connectivity index (χ1) is 15.3. The first kappa shape index (κ1) is 23.8. The second-order valence-corrected chi connectivity index (χ2v) is 9.46. The van der Waals surface area contributed by atoms with Crippen molar-refractivity contribution in [1.29, 1.82) is 0 Å². The van der Waals surface area contributed by atoms with Gasteiger partial charge in [-0.25, -0.2) is 0 Å². The van der Waals surface area contributed by atoms with Gasteiger partial charge in [-0.3, -0.25) is 4.79 Å². The lowest BCUT2D eigenvalue weighted by Gasteiger charge is -2.16. The minimum Gasteiger partial charge on any atom is -0.332 e. The van der Waals surface area contributed by atoms with Gasteiger partial charge in [-0.15, -0.1) is 11.8 Å². The van der Waals surface area contributed by atoms with Crippen molar-refractivity contribution in [1.82, 2.24) is 0 Å². The van der Waals surface area contributed by atoms with Gasteiger partial charge >= 0.3 is 0 Å². The Morgan fingerprint density at radius 3 is 2.19 bits per heavy atom. The van der Waals surface area contributed by atoms with Crippen LogP contribution in [0, 0.1) is 20.8 Å². The summed E-state index contributed by atoms with van der Waals surface area (Å²) in [6.07, 6.45) is 0.729. The predicted octanol–water partition coefficient (Wildman–Crippen LogP) is 6.93. The first-order valence-electron chi connectivity index (χ1n) is 10.6. The molecule has 0 bridgehead atoms. The Hall–Kier alpha value is -2.83. The number of nitrogens with one attached hydrogen (secondary N) is 3. The lowest BCUT2D eigenvalue weighted by Crippen LogP contribution is -2.24. The summed E-state index contributed by atoms with van der Waals surface area (Å²) in [4.78, 5) is 13.9. The van der Waals surface area contributed by atoms with Gasteiger partial charge < -0.3 is 16.0 Å². The molecule has 1 amide bonds. The Bertz CT molecular complexity index is 1100. The van der Waals surface area contributed by atoms with Crippen LogP contribution >= 0.6 is 24.0 Å². The van der Waals surface area contributed by atoms with Gasteiger partial charge in [0.1, 0.15) is 0 Å². The number of aryl methyl sites for hydroxylation is 3. The minimum atomic E-state index is -0.190. The van der Waals surface area contributed by atoms with Crippen molar-refractivity contribution in [3.8, 4) is 0 Å². The molecule has 32 heavy (non-hydrogen) atoms. The van der Waals surface area contributed by atoms with E-state index in [2.05, 4.69) is 29.8 Å². The average molecular weight is 464 g/mol. The van der Waals surface area contributed by atoms with Gasteiger partial charge in [0.2, 0.25) is 5.91 Å². The summed E-state index contributed by atoms with van der Waals surface area (Å²) >= 11 is 7.00. The second kappa shape index (κ2) is 11.2. The van der Waals surface area contributed by atoms with Gasteiger partial charge in [-0.2, -0.15) is 0 Å². The van der Waals surface area contributed by atoms with Crippen LogP contribution in [0.3, 0.4) is 0 Å². The fourth-order valence-electron chi connectivity index (χ4n) is 3.11. The van der Waals surface area contributed by atoms with Crippen LogP contribution in [0.2, 0.25) is 0 Å². The van der Waals surface area contributed by atoms with E-state index in [1.165, 1.54) is 11.1 Å². The molecule has 1 unspecified atom stereocenters. The number of anilines is 3. The Labute approximate surface area is 200 Å². The molecule has 3 rings (SSSR count). The van der Waals surface area contributed by atoms with E-state index in [0.717, 1.165) is 33.9 Å². The topological polar surface area (TPSA) is 53.2 Å². The van der Waals surface area contributed by atoms with Crippen LogP contribution in [0.1, 0.15) is 30.0 Å². The highest BCUT2D eigenvalue weighted by Gasteiger charge is 2.18. The molecule has 0 aromatic heterocycles. The molecule has 3 aromatic rings. The van der Waals surface area contributed by atoms with Crippen LogP contribution in [0.5, 0.6) is 0 Å². The normalized spacial score (nSPS) is 11.5. The zero-order valence-corrected chi connectivity index (χ0v) is 20.5. The third kappa shape index (κ3) is 6.84. The predicted molar refractivity (Wildman–Crippen MR) is 142 cm³/mol. The third-order valence-electron chi connectivity index (χ3n) is 5.12. The fraction of sp³-hybridized carbons (Fsp3) is 0.231. The summed E-state index contributed by atoms with van der Waals surface area (Å²) in [6, 6.07) is 22.0. The van der Waals surface area contributed by atoms with E-state index in [9.17, 15) is 4.79 Å².